The summed E-state index contributed by atoms with van der Waals surface area (Å²) in [6.45, 7) is 9.11. The van der Waals surface area contributed by atoms with E-state index in [9.17, 15) is 0 Å². The summed E-state index contributed by atoms with van der Waals surface area (Å²) in [6, 6.07) is 0. The molecule has 3 N–H and O–H groups in total. The highest BCUT2D eigenvalue weighted by Crippen LogP contribution is 2.44. The van der Waals surface area contributed by atoms with Crippen LogP contribution < -0.4 is 11.1 Å². The van der Waals surface area contributed by atoms with Gasteiger partial charge in [0.15, 0.2) is 0 Å². The minimum absolute atomic E-state index is 0.202. The van der Waals surface area contributed by atoms with E-state index in [0.29, 0.717) is 5.41 Å². The van der Waals surface area contributed by atoms with E-state index in [2.05, 4.69) is 26.1 Å². The maximum atomic E-state index is 6.09. The van der Waals surface area contributed by atoms with Crippen LogP contribution in [0.4, 0.5) is 0 Å². The van der Waals surface area contributed by atoms with Gasteiger partial charge in [0.05, 0.1) is 0 Å². The molecule has 0 aromatic rings. The molecule has 94 valence electrons. The van der Waals surface area contributed by atoms with Gasteiger partial charge in [0.1, 0.15) is 0 Å². The van der Waals surface area contributed by atoms with Crippen LogP contribution in [0, 0.1) is 17.3 Å². The monoisotopic (exact) mass is 224 g/mol. The average Bonchev–Trinajstić information content (AvgIpc) is 2.93. The molecule has 0 amide bonds. The van der Waals surface area contributed by atoms with E-state index < -0.39 is 0 Å². The second-order valence-corrected chi connectivity index (χ2v) is 6.73. The quantitative estimate of drug-likeness (QED) is 0.770. The number of nitrogens with one attached hydrogen (secondary N) is 1. The molecule has 2 heteroatoms. The normalized spacial score (nSPS) is 42.0. The standard InChI is InChI=1S/C14H28N2/c1-11-8-12(11)9-16-14(10-15)7-5-4-6-13(14,2)3/h11-12,16H,4-10,15H2,1-3H3. The largest absolute Gasteiger partial charge is 0.329 e. The first-order valence-electron chi connectivity index (χ1n) is 6.96. The van der Waals surface area contributed by atoms with Gasteiger partial charge in [-0.25, -0.2) is 0 Å². The lowest BCUT2D eigenvalue weighted by Crippen LogP contribution is -2.62. The van der Waals surface area contributed by atoms with Crippen molar-refractivity contribution in [3.8, 4) is 0 Å². The molecule has 3 atom stereocenters. The molecule has 0 spiro atoms. The van der Waals surface area contributed by atoms with Crippen LogP contribution in [0.1, 0.15) is 52.9 Å². The van der Waals surface area contributed by atoms with Crippen LogP contribution in [0.3, 0.4) is 0 Å². The number of nitrogens with two attached hydrogens (primary N) is 1. The van der Waals surface area contributed by atoms with Gasteiger partial charge < -0.3 is 11.1 Å². The van der Waals surface area contributed by atoms with E-state index in [1.54, 1.807) is 0 Å². The SMILES string of the molecule is CC1CC1CNC1(CN)CCCCC1(C)C. The fourth-order valence-electron chi connectivity index (χ4n) is 3.36. The zero-order valence-electron chi connectivity index (χ0n) is 11.2. The van der Waals surface area contributed by atoms with Crippen LogP contribution >= 0.6 is 0 Å². The fourth-order valence-corrected chi connectivity index (χ4v) is 3.36. The lowest BCUT2D eigenvalue weighted by atomic mass is 9.63. The number of rotatable bonds is 4. The van der Waals surface area contributed by atoms with Gasteiger partial charge >= 0.3 is 0 Å². The smallest absolute Gasteiger partial charge is 0.0355 e. The van der Waals surface area contributed by atoms with E-state index in [1.165, 1.54) is 38.6 Å². The highest BCUT2D eigenvalue weighted by atomic mass is 15.0. The molecule has 0 bridgehead atoms. The Bertz CT molecular complexity index is 249. The van der Waals surface area contributed by atoms with E-state index in [4.69, 9.17) is 5.73 Å². The molecule has 0 aliphatic heterocycles. The summed E-state index contributed by atoms with van der Waals surface area (Å²) in [5.41, 5.74) is 6.65. The minimum Gasteiger partial charge on any atom is -0.329 e. The molecule has 2 fully saturated rings. The third-order valence-electron chi connectivity index (χ3n) is 5.28. The van der Waals surface area contributed by atoms with Crippen LogP contribution in [0.5, 0.6) is 0 Å². The van der Waals surface area contributed by atoms with E-state index >= 15 is 0 Å². The van der Waals surface area contributed by atoms with Crippen molar-refractivity contribution in [3.63, 3.8) is 0 Å². The maximum absolute atomic E-state index is 6.09. The lowest BCUT2D eigenvalue weighted by Gasteiger charge is -2.50. The van der Waals surface area contributed by atoms with Crippen molar-refractivity contribution in [1.82, 2.24) is 5.32 Å². The van der Waals surface area contributed by atoms with Crippen molar-refractivity contribution >= 4 is 0 Å². The first-order chi connectivity index (χ1) is 7.51. The van der Waals surface area contributed by atoms with Gasteiger partial charge in [-0.3, -0.25) is 0 Å². The summed E-state index contributed by atoms with van der Waals surface area (Å²) in [7, 11) is 0. The Labute approximate surface area is 100 Å². The van der Waals surface area contributed by atoms with Crippen molar-refractivity contribution in [2.24, 2.45) is 23.0 Å². The third-order valence-corrected chi connectivity index (χ3v) is 5.28. The van der Waals surface area contributed by atoms with Gasteiger partial charge in [-0.15, -0.1) is 0 Å². The Hall–Kier alpha value is -0.0800. The Morgan fingerprint density at radius 1 is 1.25 bits per heavy atom. The van der Waals surface area contributed by atoms with Gasteiger partial charge in [-0.1, -0.05) is 33.6 Å². The highest BCUT2D eigenvalue weighted by molar-refractivity contribution is 5.04. The molecular weight excluding hydrogens is 196 g/mol. The fraction of sp³-hybridized carbons (Fsp3) is 1.00. The molecule has 2 rings (SSSR count). The zero-order chi connectivity index (χ0) is 11.8. The van der Waals surface area contributed by atoms with Crippen molar-refractivity contribution < 1.29 is 0 Å². The van der Waals surface area contributed by atoms with Gasteiger partial charge in [0.2, 0.25) is 0 Å². The lowest BCUT2D eigenvalue weighted by molar-refractivity contribution is 0.0678. The molecule has 16 heavy (non-hydrogen) atoms. The van der Waals surface area contributed by atoms with Gasteiger partial charge in [0, 0.05) is 12.1 Å². The minimum atomic E-state index is 0.202. The summed E-state index contributed by atoms with van der Waals surface area (Å²) < 4.78 is 0. The third kappa shape index (κ3) is 2.14. The molecule has 2 saturated carbocycles. The molecule has 2 nitrogen and oxygen atoms in total. The summed E-state index contributed by atoms with van der Waals surface area (Å²) in [5, 5.41) is 3.84. The Kier molecular flexibility index (Phi) is 3.33. The van der Waals surface area contributed by atoms with Gasteiger partial charge in [-0.05, 0) is 43.1 Å². The van der Waals surface area contributed by atoms with Crippen molar-refractivity contribution in [3.05, 3.63) is 0 Å². The van der Waals surface area contributed by atoms with Crippen LogP contribution in [-0.2, 0) is 0 Å². The van der Waals surface area contributed by atoms with Crippen molar-refractivity contribution in [2.45, 2.75) is 58.4 Å². The van der Waals surface area contributed by atoms with E-state index in [0.717, 1.165) is 18.4 Å². The molecule has 0 aromatic heterocycles. The summed E-state index contributed by atoms with van der Waals surface area (Å²) in [4.78, 5) is 0. The maximum Gasteiger partial charge on any atom is 0.0355 e. The summed E-state index contributed by atoms with van der Waals surface area (Å²) in [5.74, 6) is 1.86. The second-order valence-electron chi connectivity index (χ2n) is 6.73. The molecule has 0 saturated heterocycles. The van der Waals surface area contributed by atoms with Crippen molar-refractivity contribution in [1.29, 1.82) is 0 Å². The number of hydrogen-bond donors (Lipinski definition) is 2. The molecular formula is C14H28N2. The highest BCUT2D eigenvalue weighted by Gasteiger charge is 2.46. The number of hydrogen-bond acceptors (Lipinski definition) is 2. The van der Waals surface area contributed by atoms with Crippen LogP contribution in [-0.4, -0.2) is 18.6 Å². The van der Waals surface area contributed by atoms with Crippen molar-refractivity contribution in [2.75, 3.05) is 13.1 Å². The van der Waals surface area contributed by atoms with Gasteiger partial charge in [-0.2, -0.15) is 0 Å². The Balaban J connectivity index is 1.98. The summed E-state index contributed by atoms with van der Waals surface area (Å²) >= 11 is 0. The summed E-state index contributed by atoms with van der Waals surface area (Å²) in [6.07, 6.45) is 6.70. The van der Waals surface area contributed by atoms with Crippen LogP contribution in [0.25, 0.3) is 0 Å². The molecule has 2 aliphatic carbocycles. The average molecular weight is 224 g/mol. The molecule has 3 unspecified atom stereocenters. The van der Waals surface area contributed by atoms with E-state index in [-0.39, 0.29) is 5.54 Å². The second kappa shape index (κ2) is 4.30. The van der Waals surface area contributed by atoms with Crippen LogP contribution in [0.15, 0.2) is 0 Å². The molecule has 0 heterocycles. The topological polar surface area (TPSA) is 38.0 Å². The first kappa shape index (κ1) is 12.4. The van der Waals surface area contributed by atoms with Gasteiger partial charge in [0.25, 0.3) is 0 Å². The molecule has 0 radical (unpaired) electrons. The van der Waals surface area contributed by atoms with E-state index in [1.807, 2.05) is 0 Å². The Morgan fingerprint density at radius 2 is 1.88 bits per heavy atom. The zero-order valence-corrected chi connectivity index (χ0v) is 11.2. The molecule has 2 aliphatic rings. The predicted octanol–water partition coefficient (Wildman–Crippen LogP) is 2.53. The van der Waals surface area contributed by atoms with Crippen LogP contribution in [0.2, 0.25) is 0 Å². The Morgan fingerprint density at radius 3 is 2.38 bits per heavy atom. The first-order valence-corrected chi connectivity index (χ1v) is 6.96. The molecule has 0 aromatic carbocycles. The predicted molar refractivity (Wildman–Crippen MR) is 69.3 cm³/mol.